The molecule has 0 aliphatic heterocycles. The summed E-state index contributed by atoms with van der Waals surface area (Å²) in [5.74, 6) is 5.51. The number of rotatable bonds is 8. The lowest BCUT2D eigenvalue weighted by molar-refractivity contribution is 0.175. The molecule has 0 aliphatic rings. The Morgan fingerprint density at radius 1 is 1.40 bits per heavy atom. The number of nitrogens with two attached hydrogens (primary N) is 1. The maximum Gasteiger partial charge on any atom is 0.246 e. The number of hydrogen-bond donors (Lipinski definition) is 2. The fraction of sp³-hybridized carbons (Fsp3) is 0.636. The molecule has 1 heterocycles. The maximum absolute atomic E-state index is 12.5. The van der Waals surface area contributed by atoms with E-state index in [0.717, 1.165) is 0 Å². The highest BCUT2D eigenvalue weighted by molar-refractivity contribution is 7.89. The van der Waals surface area contributed by atoms with Crippen LogP contribution >= 0.6 is 0 Å². The lowest BCUT2D eigenvalue weighted by Gasteiger charge is -2.23. The zero-order valence-corrected chi connectivity index (χ0v) is 12.7. The zero-order valence-electron chi connectivity index (χ0n) is 11.9. The minimum atomic E-state index is -3.63. The van der Waals surface area contributed by atoms with Gasteiger partial charge in [-0.3, -0.25) is 5.43 Å². The van der Waals surface area contributed by atoms with E-state index in [1.807, 2.05) is 13.8 Å². The third kappa shape index (κ3) is 4.37. The number of anilines is 1. The van der Waals surface area contributed by atoms with Crippen LogP contribution < -0.4 is 11.3 Å². The Kier molecular flexibility index (Phi) is 6.27. The molecule has 8 nitrogen and oxygen atoms in total. The van der Waals surface area contributed by atoms with E-state index >= 15 is 0 Å². The largest absolute Gasteiger partial charge is 0.383 e. The van der Waals surface area contributed by atoms with Crippen LogP contribution in [0.25, 0.3) is 0 Å². The quantitative estimate of drug-likeness (QED) is 0.516. The molecule has 0 aromatic carbocycles. The molecule has 9 heteroatoms. The molecule has 0 aliphatic carbocycles. The van der Waals surface area contributed by atoms with E-state index in [9.17, 15) is 8.42 Å². The average molecular weight is 303 g/mol. The molecule has 0 spiro atoms. The van der Waals surface area contributed by atoms with Crippen LogP contribution in [0.5, 0.6) is 0 Å². The van der Waals surface area contributed by atoms with Gasteiger partial charge in [-0.15, -0.1) is 0 Å². The number of nitrogens with one attached hydrogen (secondary N) is 1. The van der Waals surface area contributed by atoms with Gasteiger partial charge >= 0.3 is 0 Å². The van der Waals surface area contributed by atoms with Crippen LogP contribution in [-0.2, 0) is 14.8 Å². The second kappa shape index (κ2) is 7.48. The smallest absolute Gasteiger partial charge is 0.246 e. The second-order valence-electron chi connectivity index (χ2n) is 4.64. The maximum atomic E-state index is 12.5. The van der Waals surface area contributed by atoms with Crippen molar-refractivity contribution >= 4 is 16.0 Å². The van der Waals surface area contributed by atoms with Gasteiger partial charge in [0.2, 0.25) is 16.0 Å². The highest BCUT2D eigenvalue weighted by Gasteiger charge is 2.25. The van der Waals surface area contributed by atoms with Gasteiger partial charge in [-0.2, -0.15) is 4.31 Å². The molecular weight excluding hydrogens is 282 g/mol. The predicted molar refractivity (Wildman–Crippen MR) is 75.3 cm³/mol. The summed E-state index contributed by atoms with van der Waals surface area (Å²) in [6.45, 7) is 4.92. The van der Waals surface area contributed by atoms with Gasteiger partial charge in [0.1, 0.15) is 4.90 Å². The molecule has 0 unspecified atom stereocenters. The minimum Gasteiger partial charge on any atom is -0.383 e. The van der Waals surface area contributed by atoms with Crippen molar-refractivity contribution in [3.63, 3.8) is 0 Å². The Balaban J connectivity index is 3.00. The third-order valence-electron chi connectivity index (χ3n) is 2.51. The lowest BCUT2D eigenvalue weighted by Crippen LogP contribution is -2.36. The number of aromatic nitrogens is 2. The first-order chi connectivity index (χ1) is 9.41. The van der Waals surface area contributed by atoms with E-state index in [2.05, 4.69) is 15.4 Å². The summed E-state index contributed by atoms with van der Waals surface area (Å²) in [7, 11) is -2.10. The van der Waals surface area contributed by atoms with E-state index in [4.69, 9.17) is 10.6 Å². The fourth-order valence-corrected chi connectivity index (χ4v) is 3.06. The molecule has 0 saturated heterocycles. The molecule has 114 valence electrons. The first-order valence-electron chi connectivity index (χ1n) is 6.19. The normalized spacial score (nSPS) is 12.1. The molecular formula is C11H21N5O3S. The van der Waals surface area contributed by atoms with Crippen LogP contribution in [0.15, 0.2) is 17.3 Å². The van der Waals surface area contributed by atoms with Gasteiger partial charge in [0.25, 0.3) is 0 Å². The summed E-state index contributed by atoms with van der Waals surface area (Å²) in [5, 5.41) is 0. The van der Waals surface area contributed by atoms with Gasteiger partial charge in [0, 0.05) is 20.2 Å². The average Bonchev–Trinajstić information content (AvgIpc) is 2.43. The standard InChI is InChI=1S/C11H21N5O3S/c1-9(2)8-16(4-5-19-3)20(17,18)10-6-13-11(15-12)14-7-10/h6-7,9H,4-5,8,12H2,1-3H3,(H,13,14,15). The summed E-state index contributed by atoms with van der Waals surface area (Å²) in [6.07, 6.45) is 2.47. The second-order valence-corrected chi connectivity index (χ2v) is 6.57. The van der Waals surface area contributed by atoms with E-state index in [1.165, 1.54) is 23.8 Å². The molecule has 0 atom stereocenters. The lowest BCUT2D eigenvalue weighted by atomic mass is 10.2. The van der Waals surface area contributed by atoms with Crippen molar-refractivity contribution < 1.29 is 13.2 Å². The Labute approximate surface area is 119 Å². The Morgan fingerprint density at radius 2 is 2.00 bits per heavy atom. The summed E-state index contributed by atoms with van der Waals surface area (Å²) in [6, 6.07) is 0. The van der Waals surface area contributed by atoms with Crippen LogP contribution in [-0.4, -0.2) is 49.5 Å². The van der Waals surface area contributed by atoms with E-state index in [1.54, 1.807) is 0 Å². The Hall–Kier alpha value is -1.29. The fourth-order valence-electron chi connectivity index (χ4n) is 1.58. The molecule has 1 aromatic rings. The van der Waals surface area contributed by atoms with Crippen LogP contribution in [0.3, 0.4) is 0 Å². The van der Waals surface area contributed by atoms with Gasteiger partial charge < -0.3 is 4.74 Å². The van der Waals surface area contributed by atoms with Crippen molar-refractivity contribution in [2.24, 2.45) is 11.8 Å². The van der Waals surface area contributed by atoms with E-state index in [0.29, 0.717) is 13.2 Å². The monoisotopic (exact) mass is 303 g/mol. The highest BCUT2D eigenvalue weighted by Crippen LogP contribution is 2.16. The topological polar surface area (TPSA) is 110 Å². The molecule has 3 N–H and O–H groups in total. The number of nitrogen functional groups attached to an aromatic ring is 1. The van der Waals surface area contributed by atoms with Crippen molar-refractivity contribution in [3.8, 4) is 0 Å². The van der Waals surface area contributed by atoms with Crippen LogP contribution in [0.1, 0.15) is 13.8 Å². The first kappa shape index (κ1) is 16.8. The number of nitrogens with zero attached hydrogens (tertiary/aromatic N) is 3. The van der Waals surface area contributed by atoms with Crippen molar-refractivity contribution in [3.05, 3.63) is 12.4 Å². The van der Waals surface area contributed by atoms with Gasteiger partial charge in [-0.25, -0.2) is 24.2 Å². The first-order valence-corrected chi connectivity index (χ1v) is 7.63. The SMILES string of the molecule is COCCN(CC(C)C)S(=O)(=O)c1cnc(NN)nc1. The summed E-state index contributed by atoms with van der Waals surface area (Å²) in [4.78, 5) is 7.68. The number of methoxy groups -OCH3 is 1. The molecule has 20 heavy (non-hydrogen) atoms. The number of hydrogen-bond acceptors (Lipinski definition) is 7. The predicted octanol–water partition coefficient (Wildman–Crippen LogP) is 0.0553. The van der Waals surface area contributed by atoms with Crippen molar-refractivity contribution in [2.75, 3.05) is 32.2 Å². The van der Waals surface area contributed by atoms with Crippen LogP contribution in [0.4, 0.5) is 5.95 Å². The minimum absolute atomic E-state index is 0.0354. The molecule has 1 rings (SSSR count). The summed E-state index contributed by atoms with van der Waals surface area (Å²) < 4.78 is 31.4. The summed E-state index contributed by atoms with van der Waals surface area (Å²) >= 11 is 0. The number of hydrazine groups is 1. The molecule has 0 saturated carbocycles. The Bertz CT molecular complexity index is 503. The number of sulfonamides is 1. The van der Waals surface area contributed by atoms with E-state index < -0.39 is 10.0 Å². The van der Waals surface area contributed by atoms with Crippen molar-refractivity contribution in [1.82, 2.24) is 14.3 Å². The van der Waals surface area contributed by atoms with Crippen molar-refractivity contribution in [2.45, 2.75) is 18.7 Å². The molecule has 0 fully saturated rings. The van der Waals surface area contributed by atoms with Crippen molar-refractivity contribution in [1.29, 1.82) is 0 Å². The highest BCUT2D eigenvalue weighted by atomic mass is 32.2. The number of ether oxygens (including phenoxy) is 1. The van der Waals surface area contributed by atoms with Crippen LogP contribution in [0, 0.1) is 5.92 Å². The Morgan fingerprint density at radius 3 is 2.45 bits per heavy atom. The van der Waals surface area contributed by atoms with Gasteiger partial charge in [0.15, 0.2) is 0 Å². The van der Waals surface area contributed by atoms with Gasteiger partial charge in [0.05, 0.1) is 19.0 Å². The van der Waals surface area contributed by atoms with Gasteiger partial charge in [-0.05, 0) is 5.92 Å². The van der Waals surface area contributed by atoms with Crippen LogP contribution in [0.2, 0.25) is 0 Å². The third-order valence-corrected chi connectivity index (χ3v) is 4.33. The zero-order chi connectivity index (χ0) is 15.2. The molecule has 0 radical (unpaired) electrons. The van der Waals surface area contributed by atoms with E-state index in [-0.39, 0.29) is 23.3 Å². The molecule has 1 aromatic heterocycles. The summed E-state index contributed by atoms with van der Waals surface area (Å²) in [5.41, 5.74) is 2.25. The molecule has 0 bridgehead atoms. The van der Waals surface area contributed by atoms with Gasteiger partial charge in [-0.1, -0.05) is 13.8 Å². The molecule has 0 amide bonds.